The van der Waals surface area contributed by atoms with Gasteiger partial charge in [0.05, 0.1) is 17.2 Å². The van der Waals surface area contributed by atoms with E-state index < -0.39 is 14.3 Å². The van der Waals surface area contributed by atoms with Crippen molar-refractivity contribution in [1.29, 1.82) is 5.26 Å². The van der Waals surface area contributed by atoms with Crippen LogP contribution in [0.4, 0.5) is 0 Å². The zero-order valence-corrected chi connectivity index (χ0v) is 12.9. The first-order valence-corrected chi connectivity index (χ1v) is 8.95. The molecule has 0 saturated heterocycles. The Labute approximate surface area is 114 Å². The normalized spacial score (nSPS) is 11.8. The number of benzene rings is 1. The molecule has 5 heteroatoms. The largest absolute Gasteiger partial charge is 0.543 e. The van der Waals surface area contributed by atoms with E-state index in [1.54, 1.807) is 6.07 Å². The minimum absolute atomic E-state index is 0.0129. The molecule has 0 heterocycles. The number of hydrogen-bond acceptors (Lipinski definition) is 3. The lowest BCUT2D eigenvalue weighted by molar-refractivity contribution is 0.0696. The lowest BCUT2D eigenvalue weighted by Gasteiger charge is -2.36. The molecule has 0 amide bonds. The molecule has 0 aromatic heterocycles. The molecular weight excluding hydrogens is 258 g/mol. The fourth-order valence-electron chi connectivity index (χ4n) is 1.29. The van der Waals surface area contributed by atoms with Crippen LogP contribution in [0, 0.1) is 11.3 Å². The van der Waals surface area contributed by atoms with Crippen LogP contribution in [0.2, 0.25) is 18.1 Å². The minimum atomic E-state index is -2.04. The quantitative estimate of drug-likeness (QED) is 0.856. The van der Waals surface area contributed by atoms with Crippen LogP contribution in [0.15, 0.2) is 18.2 Å². The summed E-state index contributed by atoms with van der Waals surface area (Å²) in [6, 6.07) is 6.37. The average Bonchev–Trinajstić information content (AvgIpc) is 2.26. The van der Waals surface area contributed by atoms with Crippen LogP contribution in [0.3, 0.4) is 0 Å². The first-order valence-electron chi connectivity index (χ1n) is 6.04. The molecule has 102 valence electrons. The van der Waals surface area contributed by atoms with Gasteiger partial charge in [0.15, 0.2) is 0 Å². The van der Waals surface area contributed by atoms with Crippen LogP contribution in [-0.2, 0) is 0 Å². The van der Waals surface area contributed by atoms with E-state index in [0.717, 1.165) is 0 Å². The second kappa shape index (κ2) is 5.06. The summed E-state index contributed by atoms with van der Waals surface area (Å²) in [5, 5.41) is 18.0. The van der Waals surface area contributed by atoms with Crippen LogP contribution in [0.25, 0.3) is 0 Å². The molecule has 1 aromatic rings. The standard InChI is InChI=1S/C14H19NO3Si/c1-14(2,3)19(4,5)18-12-7-10(9-15)6-11(8-12)13(16)17/h6-8H,1-5H3,(H,16,17). The van der Waals surface area contributed by atoms with E-state index in [2.05, 4.69) is 33.9 Å². The van der Waals surface area contributed by atoms with Gasteiger partial charge < -0.3 is 9.53 Å². The zero-order chi connectivity index (χ0) is 14.8. The maximum absolute atomic E-state index is 11.0. The van der Waals surface area contributed by atoms with Crippen LogP contribution in [0.5, 0.6) is 5.75 Å². The van der Waals surface area contributed by atoms with Gasteiger partial charge in [-0.15, -0.1) is 0 Å². The van der Waals surface area contributed by atoms with Crippen LogP contribution >= 0.6 is 0 Å². The maximum Gasteiger partial charge on any atom is 0.335 e. The number of carboxylic acid groups (broad SMARTS) is 1. The van der Waals surface area contributed by atoms with E-state index in [1.165, 1.54) is 12.1 Å². The second-order valence-corrected chi connectivity index (χ2v) is 10.8. The monoisotopic (exact) mass is 277 g/mol. The molecule has 19 heavy (non-hydrogen) atoms. The molecule has 0 saturated carbocycles. The Morgan fingerprint density at radius 2 is 1.89 bits per heavy atom. The van der Waals surface area contributed by atoms with Crippen molar-refractivity contribution in [3.63, 3.8) is 0 Å². The molecule has 0 aliphatic carbocycles. The summed E-state index contributed by atoms with van der Waals surface area (Å²) in [7, 11) is -2.04. The van der Waals surface area contributed by atoms with E-state index >= 15 is 0 Å². The van der Waals surface area contributed by atoms with Crippen molar-refractivity contribution in [2.24, 2.45) is 0 Å². The number of rotatable bonds is 3. The third kappa shape index (κ3) is 3.58. The third-order valence-electron chi connectivity index (χ3n) is 3.46. The van der Waals surface area contributed by atoms with E-state index in [-0.39, 0.29) is 10.6 Å². The van der Waals surface area contributed by atoms with Crippen molar-refractivity contribution in [2.45, 2.75) is 38.9 Å². The highest BCUT2D eigenvalue weighted by Gasteiger charge is 2.39. The van der Waals surface area contributed by atoms with Gasteiger partial charge in [-0.05, 0) is 36.3 Å². The molecule has 0 unspecified atom stereocenters. The van der Waals surface area contributed by atoms with Gasteiger partial charge in [0, 0.05) is 0 Å². The third-order valence-corrected chi connectivity index (χ3v) is 7.82. The summed E-state index contributed by atoms with van der Waals surface area (Å²) in [6.45, 7) is 10.5. The number of nitrogens with zero attached hydrogens (tertiary/aromatic N) is 1. The highest BCUT2D eigenvalue weighted by molar-refractivity contribution is 6.74. The highest BCUT2D eigenvalue weighted by atomic mass is 28.4. The Morgan fingerprint density at radius 3 is 2.32 bits per heavy atom. The van der Waals surface area contributed by atoms with Gasteiger partial charge in [0.1, 0.15) is 5.75 Å². The van der Waals surface area contributed by atoms with Crippen molar-refractivity contribution >= 4 is 14.3 Å². The minimum Gasteiger partial charge on any atom is -0.543 e. The summed E-state index contributed by atoms with van der Waals surface area (Å²) in [6.07, 6.45) is 0. The Bertz CT molecular complexity index is 539. The number of carbonyl (C=O) groups is 1. The fraction of sp³-hybridized carbons (Fsp3) is 0.429. The van der Waals surface area contributed by atoms with Gasteiger partial charge in [0.2, 0.25) is 8.32 Å². The Hall–Kier alpha value is -1.80. The predicted molar refractivity (Wildman–Crippen MR) is 75.9 cm³/mol. The van der Waals surface area contributed by atoms with Crippen molar-refractivity contribution in [3.8, 4) is 11.8 Å². The van der Waals surface area contributed by atoms with E-state index in [0.29, 0.717) is 11.3 Å². The Kier molecular flexibility index (Phi) is 4.06. The molecule has 0 fully saturated rings. The number of hydrogen-bond donors (Lipinski definition) is 1. The highest BCUT2D eigenvalue weighted by Crippen LogP contribution is 2.37. The molecule has 4 nitrogen and oxygen atoms in total. The van der Waals surface area contributed by atoms with E-state index in [1.807, 2.05) is 6.07 Å². The van der Waals surface area contributed by atoms with E-state index in [9.17, 15) is 4.79 Å². The first-order chi connectivity index (χ1) is 8.56. The van der Waals surface area contributed by atoms with Crippen LogP contribution in [0.1, 0.15) is 36.7 Å². The molecule has 0 radical (unpaired) electrons. The SMILES string of the molecule is CC(C)(C)[Si](C)(C)Oc1cc(C#N)cc(C(=O)O)c1. The number of nitriles is 1. The van der Waals surface area contributed by atoms with Gasteiger partial charge >= 0.3 is 5.97 Å². The Morgan fingerprint density at radius 1 is 1.32 bits per heavy atom. The molecule has 0 spiro atoms. The number of aromatic carboxylic acids is 1. The summed E-state index contributed by atoms with van der Waals surface area (Å²) in [5.74, 6) is -0.597. The van der Waals surface area contributed by atoms with Crippen molar-refractivity contribution in [2.75, 3.05) is 0 Å². The summed E-state index contributed by atoms with van der Waals surface area (Å²) >= 11 is 0. The first kappa shape index (κ1) is 15.3. The molecule has 0 aliphatic rings. The lowest BCUT2D eigenvalue weighted by Crippen LogP contribution is -2.43. The fourth-order valence-corrected chi connectivity index (χ4v) is 2.31. The summed E-state index contributed by atoms with van der Waals surface area (Å²) in [5.41, 5.74) is 0.376. The molecule has 0 bridgehead atoms. The molecule has 0 aliphatic heterocycles. The predicted octanol–water partition coefficient (Wildman–Crippen LogP) is 3.64. The molecule has 1 N–H and O–H groups in total. The number of carboxylic acids is 1. The van der Waals surface area contributed by atoms with Crippen molar-refractivity contribution < 1.29 is 14.3 Å². The molecule has 0 atom stereocenters. The second-order valence-electron chi connectivity index (χ2n) is 6.03. The molecule has 1 aromatic carbocycles. The Balaban J connectivity index is 3.19. The average molecular weight is 277 g/mol. The summed E-state index contributed by atoms with van der Waals surface area (Å²) < 4.78 is 6.02. The summed E-state index contributed by atoms with van der Waals surface area (Å²) in [4.78, 5) is 11.0. The van der Waals surface area contributed by atoms with Crippen LogP contribution in [-0.4, -0.2) is 19.4 Å². The van der Waals surface area contributed by atoms with Gasteiger partial charge in [-0.2, -0.15) is 5.26 Å². The zero-order valence-electron chi connectivity index (χ0n) is 11.9. The van der Waals surface area contributed by atoms with Crippen LogP contribution < -0.4 is 4.43 Å². The molecule has 1 rings (SSSR count). The van der Waals surface area contributed by atoms with Crippen molar-refractivity contribution in [3.05, 3.63) is 29.3 Å². The van der Waals surface area contributed by atoms with Gasteiger partial charge in [-0.1, -0.05) is 20.8 Å². The lowest BCUT2D eigenvalue weighted by atomic mass is 10.1. The maximum atomic E-state index is 11.0. The van der Waals surface area contributed by atoms with Crippen molar-refractivity contribution in [1.82, 2.24) is 0 Å². The van der Waals surface area contributed by atoms with Gasteiger partial charge in [0.25, 0.3) is 0 Å². The molecular formula is C14H19NO3Si. The smallest absolute Gasteiger partial charge is 0.335 e. The van der Waals surface area contributed by atoms with Gasteiger partial charge in [-0.25, -0.2) is 4.79 Å². The van der Waals surface area contributed by atoms with E-state index in [4.69, 9.17) is 14.8 Å². The topological polar surface area (TPSA) is 70.3 Å². The van der Waals surface area contributed by atoms with Gasteiger partial charge in [-0.3, -0.25) is 0 Å².